The summed E-state index contributed by atoms with van der Waals surface area (Å²) in [5.41, 5.74) is 7.16. The lowest BCUT2D eigenvalue weighted by atomic mass is 10.2. The number of anilines is 1. The smallest absolute Gasteiger partial charge is 0.435 e. The molecular weight excluding hydrogens is 206 g/mol. The summed E-state index contributed by atoms with van der Waals surface area (Å²) in [6, 6.07) is 0. The summed E-state index contributed by atoms with van der Waals surface area (Å²) in [5.74, 6) is 0.457. The lowest BCUT2D eigenvalue weighted by Gasteiger charge is -2.19. The van der Waals surface area contributed by atoms with Crippen LogP contribution in [0.15, 0.2) is 0 Å². The van der Waals surface area contributed by atoms with Crippen molar-refractivity contribution in [3.8, 4) is 0 Å². The van der Waals surface area contributed by atoms with E-state index in [9.17, 15) is 4.79 Å². The van der Waals surface area contributed by atoms with Gasteiger partial charge in [-0.1, -0.05) is 0 Å². The van der Waals surface area contributed by atoms with Gasteiger partial charge in [0.05, 0.1) is 5.69 Å². The number of carbonyl (C=O) groups excluding carboxylic acids is 1. The fourth-order valence-corrected chi connectivity index (χ4v) is 1.92. The molecule has 0 aromatic carbocycles. The van der Waals surface area contributed by atoms with E-state index in [1.165, 1.54) is 4.68 Å². The first kappa shape index (κ1) is 11.0. The molecule has 0 saturated carbocycles. The van der Waals surface area contributed by atoms with Crippen LogP contribution < -0.4 is 5.73 Å². The number of hydrogen-bond donors (Lipinski definition) is 1. The molecule has 0 atom stereocenters. The van der Waals surface area contributed by atoms with Crippen molar-refractivity contribution >= 4 is 11.9 Å². The van der Waals surface area contributed by atoms with Crippen molar-refractivity contribution in [2.75, 3.05) is 5.73 Å². The van der Waals surface area contributed by atoms with Crippen LogP contribution in [0, 0.1) is 0 Å². The van der Waals surface area contributed by atoms with Crippen molar-refractivity contribution in [2.45, 2.75) is 45.6 Å². The molecule has 0 fully saturated rings. The van der Waals surface area contributed by atoms with E-state index in [-0.39, 0.29) is 0 Å². The molecule has 1 aliphatic rings. The summed E-state index contributed by atoms with van der Waals surface area (Å²) in [6.45, 7) is 5.49. The highest BCUT2D eigenvalue weighted by Gasteiger charge is 2.27. The molecule has 0 bridgehead atoms. The van der Waals surface area contributed by atoms with Crippen LogP contribution in [-0.2, 0) is 17.6 Å². The van der Waals surface area contributed by atoms with Crippen LogP contribution in [0.2, 0.25) is 0 Å². The molecule has 0 saturated heterocycles. The number of fused-ring (bicyclic) bond motifs is 1. The zero-order valence-electron chi connectivity index (χ0n) is 9.91. The minimum absolute atomic E-state index is 0.442. The van der Waals surface area contributed by atoms with E-state index in [0.29, 0.717) is 5.82 Å². The zero-order valence-corrected chi connectivity index (χ0v) is 9.91. The van der Waals surface area contributed by atoms with Crippen LogP contribution >= 0.6 is 0 Å². The monoisotopic (exact) mass is 223 g/mol. The molecule has 0 amide bonds. The molecule has 16 heavy (non-hydrogen) atoms. The van der Waals surface area contributed by atoms with E-state index in [2.05, 4.69) is 5.10 Å². The molecule has 1 aromatic rings. The number of hydrogen-bond acceptors (Lipinski definition) is 4. The van der Waals surface area contributed by atoms with Gasteiger partial charge in [-0.2, -0.15) is 4.68 Å². The van der Waals surface area contributed by atoms with Gasteiger partial charge < -0.3 is 10.5 Å². The Bertz CT molecular complexity index is 429. The van der Waals surface area contributed by atoms with Crippen molar-refractivity contribution in [3.63, 3.8) is 0 Å². The van der Waals surface area contributed by atoms with Crippen LogP contribution in [0.5, 0.6) is 0 Å². The third-order valence-corrected chi connectivity index (χ3v) is 2.53. The van der Waals surface area contributed by atoms with Crippen molar-refractivity contribution in [3.05, 3.63) is 11.3 Å². The number of nitrogens with two attached hydrogens (primary N) is 1. The lowest BCUT2D eigenvalue weighted by Crippen LogP contribution is -2.28. The first-order chi connectivity index (χ1) is 7.38. The lowest BCUT2D eigenvalue weighted by molar-refractivity contribution is 0.0510. The number of nitrogen functional groups attached to an aromatic ring is 1. The molecule has 5 nitrogen and oxygen atoms in total. The zero-order chi connectivity index (χ0) is 11.9. The van der Waals surface area contributed by atoms with E-state index < -0.39 is 11.7 Å². The topological polar surface area (TPSA) is 70.1 Å². The van der Waals surface area contributed by atoms with Gasteiger partial charge in [-0.05, 0) is 40.0 Å². The van der Waals surface area contributed by atoms with Gasteiger partial charge in [0.25, 0.3) is 0 Å². The summed E-state index contributed by atoms with van der Waals surface area (Å²) < 4.78 is 6.58. The Morgan fingerprint density at radius 2 is 2.12 bits per heavy atom. The molecule has 1 aliphatic carbocycles. The second kappa shape index (κ2) is 3.50. The van der Waals surface area contributed by atoms with Gasteiger partial charge in [0.2, 0.25) is 0 Å². The molecule has 1 heterocycles. The molecule has 0 aliphatic heterocycles. The summed E-state index contributed by atoms with van der Waals surface area (Å²) in [4.78, 5) is 11.9. The van der Waals surface area contributed by atoms with Gasteiger partial charge in [-0.25, -0.2) is 4.79 Å². The number of aromatic nitrogens is 2. The summed E-state index contributed by atoms with van der Waals surface area (Å²) in [5, 5.41) is 4.04. The molecule has 0 unspecified atom stereocenters. The van der Waals surface area contributed by atoms with Crippen molar-refractivity contribution < 1.29 is 9.53 Å². The fraction of sp³-hybridized carbons (Fsp3) is 0.636. The quantitative estimate of drug-likeness (QED) is 0.727. The number of nitrogens with zero attached hydrogens (tertiary/aromatic N) is 2. The molecular formula is C11H17N3O2. The third-order valence-electron chi connectivity index (χ3n) is 2.53. The van der Waals surface area contributed by atoms with E-state index >= 15 is 0 Å². The van der Waals surface area contributed by atoms with Crippen LogP contribution in [0.1, 0.15) is 38.4 Å². The first-order valence-corrected chi connectivity index (χ1v) is 5.48. The Labute approximate surface area is 94.6 Å². The van der Waals surface area contributed by atoms with Gasteiger partial charge in [-0.15, -0.1) is 5.10 Å². The maximum atomic E-state index is 11.9. The molecule has 2 rings (SSSR count). The van der Waals surface area contributed by atoms with Crippen molar-refractivity contribution in [1.82, 2.24) is 9.78 Å². The minimum Gasteiger partial charge on any atom is -0.442 e. The maximum absolute atomic E-state index is 11.9. The number of ether oxygens (including phenoxy) is 1. The van der Waals surface area contributed by atoms with Crippen LogP contribution in [-0.4, -0.2) is 21.5 Å². The number of carbonyl (C=O) groups is 1. The van der Waals surface area contributed by atoms with E-state index in [0.717, 1.165) is 30.5 Å². The highest BCUT2D eigenvalue weighted by molar-refractivity contribution is 5.72. The first-order valence-electron chi connectivity index (χ1n) is 5.48. The third kappa shape index (κ3) is 1.89. The summed E-state index contributed by atoms with van der Waals surface area (Å²) >= 11 is 0. The second-order valence-corrected chi connectivity index (χ2v) is 5.06. The van der Waals surface area contributed by atoms with Gasteiger partial charge in [0.15, 0.2) is 0 Å². The Balaban J connectivity index is 2.28. The van der Waals surface area contributed by atoms with Crippen LogP contribution in [0.4, 0.5) is 10.6 Å². The van der Waals surface area contributed by atoms with Gasteiger partial charge in [0.1, 0.15) is 11.4 Å². The van der Waals surface area contributed by atoms with Crippen LogP contribution in [0.25, 0.3) is 0 Å². The van der Waals surface area contributed by atoms with Crippen molar-refractivity contribution in [2.24, 2.45) is 0 Å². The number of rotatable bonds is 0. The Kier molecular flexibility index (Phi) is 2.40. The maximum Gasteiger partial charge on any atom is 0.435 e. The Morgan fingerprint density at radius 3 is 2.75 bits per heavy atom. The second-order valence-electron chi connectivity index (χ2n) is 5.06. The molecule has 2 N–H and O–H groups in total. The standard InChI is InChI=1S/C11H17N3O2/c1-11(2,3)16-10(15)14-8-6-4-5-7(8)9(12)13-14/h4-6H2,1-3H3,(H2,12,13). The van der Waals surface area contributed by atoms with Crippen molar-refractivity contribution in [1.29, 1.82) is 0 Å². The van der Waals surface area contributed by atoms with E-state index in [1.54, 1.807) is 0 Å². The minimum atomic E-state index is -0.511. The average Bonchev–Trinajstić information content (AvgIpc) is 2.66. The fourth-order valence-electron chi connectivity index (χ4n) is 1.92. The van der Waals surface area contributed by atoms with E-state index in [1.807, 2.05) is 20.8 Å². The Morgan fingerprint density at radius 1 is 1.44 bits per heavy atom. The predicted octanol–water partition coefficient (Wildman–Crippen LogP) is 1.74. The molecule has 0 radical (unpaired) electrons. The summed E-state index contributed by atoms with van der Waals surface area (Å²) in [6.07, 6.45) is 2.34. The molecule has 88 valence electrons. The van der Waals surface area contributed by atoms with Gasteiger partial charge in [0, 0.05) is 5.56 Å². The highest BCUT2D eigenvalue weighted by Crippen LogP contribution is 2.27. The molecule has 0 spiro atoms. The Hall–Kier alpha value is -1.52. The van der Waals surface area contributed by atoms with E-state index in [4.69, 9.17) is 10.5 Å². The largest absolute Gasteiger partial charge is 0.442 e. The summed E-state index contributed by atoms with van der Waals surface area (Å²) in [7, 11) is 0. The normalized spacial score (nSPS) is 14.9. The SMILES string of the molecule is CC(C)(C)OC(=O)n1nc(N)c2c1CCC2. The van der Waals surface area contributed by atoms with Crippen LogP contribution in [0.3, 0.4) is 0 Å². The molecule has 1 aromatic heterocycles. The predicted molar refractivity (Wildman–Crippen MR) is 60.3 cm³/mol. The van der Waals surface area contributed by atoms with Gasteiger partial charge >= 0.3 is 6.09 Å². The average molecular weight is 223 g/mol. The molecule has 5 heteroatoms. The highest BCUT2D eigenvalue weighted by atomic mass is 16.6. The van der Waals surface area contributed by atoms with Gasteiger partial charge in [-0.3, -0.25) is 0 Å².